The molecule has 106 valence electrons. The minimum absolute atomic E-state index is 0.474. The first-order valence-corrected chi connectivity index (χ1v) is 6.86. The fourth-order valence-electron chi connectivity index (χ4n) is 2.13. The van der Waals surface area contributed by atoms with Crippen LogP contribution in [0.3, 0.4) is 0 Å². The fraction of sp³-hybridized carbons (Fsp3) is 0.533. The highest BCUT2D eigenvalue weighted by molar-refractivity contribution is 5.78. The zero-order valence-corrected chi connectivity index (χ0v) is 11.9. The van der Waals surface area contributed by atoms with Gasteiger partial charge in [0.2, 0.25) is 0 Å². The third-order valence-electron chi connectivity index (χ3n) is 2.99. The van der Waals surface area contributed by atoms with Crippen molar-refractivity contribution in [3.05, 3.63) is 24.3 Å². The minimum Gasteiger partial charge on any atom is -0.494 e. The van der Waals surface area contributed by atoms with Gasteiger partial charge in [-0.05, 0) is 44.0 Å². The Hall–Kier alpha value is -1.71. The second kappa shape index (κ2) is 7.67. The molecule has 1 atom stereocenters. The Balaban J connectivity index is 2.94. The molecule has 0 saturated heterocycles. The van der Waals surface area contributed by atoms with E-state index in [-0.39, 0.29) is 0 Å². The van der Waals surface area contributed by atoms with E-state index in [1.807, 2.05) is 43.0 Å². The maximum absolute atomic E-state index is 11.3. The summed E-state index contributed by atoms with van der Waals surface area (Å²) >= 11 is 0. The molecule has 0 spiro atoms. The van der Waals surface area contributed by atoms with E-state index < -0.39 is 12.0 Å². The molecule has 1 aromatic rings. The number of hydrogen-bond donors (Lipinski definition) is 1. The Morgan fingerprint density at radius 3 is 2.32 bits per heavy atom. The molecule has 4 nitrogen and oxygen atoms in total. The van der Waals surface area contributed by atoms with Gasteiger partial charge in [0, 0.05) is 12.2 Å². The second-order valence-electron chi connectivity index (χ2n) is 4.38. The standard InChI is InChI=1S/C15H23NO3/c1-4-11-16(14(5-2)15(17)18)12-7-9-13(10-8-12)19-6-3/h7-10,14H,4-6,11H2,1-3H3,(H,17,18). The van der Waals surface area contributed by atoms with Gasteiger partial charge in [0.25, 0.3) is 0 Å². The van der Waals surface area contributed by atoms with Crippen LogP contribution < -0.4 is 9.64 Å². The summed E-state index contributed by atoms with van der Waals surface area (Å²) in [5.74, 6) is 0.0379. The van der Waals surface area contributed by atoms with Gasteiger partial charge in [0.15, 0.2) is 0 Å². The monoisotopic (exact) mass is 265 g/mol. The van der Waals surface area contributed by atoms with Crippen LogP contribution in [0.1, 0.15) is 33.6 Å². The van der Waals surface area contributed by atoms with Crippen LogP contribution >= 0.6 is 0 Å². The molecule has 0 radical (unpaired) electrons. The van der Waals surface area contributed by atoms with Gasteiger partial charge in [0.05, 0.1) is 6.61 Å². The molecule has 0 aliphatic heterocycles. The molecule has 19 heavy (non-hydrogen) atoms. The average Bonchev–Trinajstić information content (AvgIpc) is 2.39. The molecule has 1 rings (SSSR count). The number of carboxylic acids is 1. The largest absolute Gasteiger partial charge is 0.494 e. The van der Waals surface area contributed by atoms with Crippen molar-refractivity contribution < 1.29 is 14.6 Å². The lowest BCUT2D eigenvalue weighted by atomic mass is 10.1. The summed E-state index contributed by atoms with van der Waals surface area (Å²) in [6.45, 7) is 7.25. The molecule has 0 amide bonds. The van der Waals surface area contributed by atoms with Crippen molar-refractivity contribution >= 4 is 11.7 Å². The summed E-state index contributed by atoms with van der Waals surface area (Å²) in [5, 5.41) is 9.30. The van der Waals surface area contributed by atoms with Crippen LogP contribution in [0.15, 0.2) is 24.3 Å². The van der Waals surface area contributed by atoms with Crippen LogP contribution in [0.2, 0.25) is 0 Å². The van der Waals surface area contributed by atoms with Crippen LogP contribution in [0.4, 0.5) is 5.69 Å². The van der Waals surface area contributed by atoms with Gasteiger partial charge in [-0.15, -0.1) is 0 Å². The Morgan fingerprint density at radius 1 is 1.26 bits per heavy atom. The highest BCUT2D eigenvalue weighted by Crippen LogP contribution is 2.23. The van der Waals surface area contributed by atoms with E-state index in [2.05, 4.69) is 6.92 Å². The number of benzene rings is 1. The lowest BCUT2D eigenvalue weighted by molar-refractivity contribution is -0.138. The van der Waals surface area contributed by atoms with Crippen LogP contribution in [-0.2, 0) is 4.79 Å². The number of carbonyl (C=O) groups is 1. The number of hydrogen-bond acceptors (Lipinski definition) is 3. The molecule has 0 heterocycles. The number of carboxylic acid groups (broad SMARTS) is 1. The maximum atomic E-state index is 11.3. The number of anilines is 1. The zero-order chi connectivity index (χ0) is 14.3. The van der Waals surface area contributed by atoms with E-state index in [4.69, 9.17) is 4.74 Å². The molecule has 1 unspecified atom stereocenters. The molecule has 0 fully saturated rings. The number of nitrogens with zero attached hydrogens (tertiary/aromatic N) is 1. The van der Waals surface area contributed by atoms with Gasteiger partial charge in [-0.25, -0.2) is 4.79 Å². The van der Waals surface area contributed by atoms with Crippen molar-refractivity contribution in [2.24, 2.45) is 0 Å². The first kappa shape index (κ1) is 15.3. The smallest absolute Gasteiger partial charge is 0.326 e. The molecule has 1 N–H and O–H groups in total. The van der Waals surface area contributed by atoms with Crippen molar-refractivity contribution in [1.82, 2.24) is 0 Å². The van der Waals surface area contributed by atoms with Gasteiger partial charge in [-0.1, -0.05) is 13.8 Å². The maximum Gasteiger partial charge on any atom is 0.326 e. The Labute approximate surface area is 115 Å². The van der Waals surface area contributed by atoms with E-state index in [1.54, 1.807) is 0 Å². The van der Waals surface area contributed by atoms with Crippen LogP contribution in [-0.4, -0.2) is 30.3 Å². The third kappa shape index (κ3) is 4.16. The zero-order valence-electron chi connectivity index (χ0n) is 11.9. The van der Waals surface area contributed by atoms with E-state index in [0.717, 1.165) is 24.4 Å². The summed E-state index contributed by atoms with van der Waals surface area (Å²) in [5.41, 5.74) is 0.930. The van der Waals surface area contributed by atoms with E-state index >= 15 is 0 Å². The quantitative estimate of drug-likeness (QED) is 0.784. The number of aliphatic carboxylic acids is 1. The molecular weight excluding hydrogens is 242 g/mol. The van der Waals surface area contributed by atoms with E-state index in [0.29, 0.717) is 13.0 Å². The summed E-state index contributed by atoms with van der Waals surface area (Å²) < 4.78 is 5.40. The highest BCUT2D eigenvalue weighted by Gasteiger charge is 2.23. The van der Waals surface area contributed by atoms with Crippen molar-refractivity contribution in [3.63, 3.8) is 0 Å². The summed E-state index contributed by atoms with van der Waals surface area (Å²) in [6.07, 6.45) is 1.50. The molecule has 4 heteroatoms. The van der Waals surface area contributed by atoms with Crippen LogP contribution in [0.5, 0.6) is 5.75 Å². The predicted molar refractivity (Wildman–Crippen MR) is 77.0 cm³/mol. The Kier molecular flexibility index (Phi) is 6.19. The number of ether oxygens (including phenoxy) is 1. The van der Waals surface area contributed by atoms with Crippen LogP contribution in [0.25, 0.3) is 0 Å². The van der Waals surface area contributed by atoms with Gasteiger partial charge in [-0.3, -0.25) is 0 Å². The Bertz CT molecular complexity index is 389. The first-order valence-electron chi connectivity index (χ1n) is 6.86. The minimum atomic E-state index is -0.773. The molecule has 1 aromatic carbocycles. The van der Waals surface area contributed by atoms with Gasteiger partial charge in [-0.2, -0.15) is 0 Å². The summed E-state index contributed by atoms with van der Waals surface area (Å²) in [4.78, 5) is 13.3. The predicted octanol–water partition coefficient (Wildman–Crippen LogP) is 3.16. The lowest BCUT2D eigenvalue weighted by Crippen LogP contribution is -2.41. The summed E-state index contributed by atoms with van der Waals surface area (Å²) in [7, 11) is 0. The second-order valence-corrected chi connectivity index (χ2v) is 4.38. The molecule has 0 bridgehead atoms. The molecule has 0 aliphatic carbocycles. The molecule has 0 saturated carbocycles. The van der Waals surface area contributed by atoms with Gasteiger partial charge in [0.1, 0.15) is 11.8 Å². The van der Waals surface area contributed by atoms with Crippen LogP contribution in [0, 0.1) is 0 Å². The average molecular weight is 265 g/mol. The molecular formula is C15H23NO3. The number of rotatable bonds is 8. The van der Waals surface area contributed by atoms with E-state index in [1.165, 1.54) is 0 Å². The van der Waals surface area contributed by atoms with E-state index in [9.17, 15) is 9.90 Å². The van der Waals surface area contributed by atoms with Gasteiger partial charge < -0.3 is 14.7 Å². The first-order chi connectivity index (χ1) is 9.13. The lowest BCUT2D eigenvalue weighted by Gasteiger charge is -2.30. The van der Waals surface area contributed by atoms with Gasteiger partial charge >= 0.3 is 5.97 Å². The van der Waals surface area contributed by atoms with Crippen molar-refractivity contribution in [2.45, 2.75) is 39.7 Å². The fourth-order valence-corrected chi connectivity index (χ4v) is 2.13. The SMILES string of the molecule is CCCN(c1ccc(OCC)cc1)C(CC)C(=O)O. The van der Waals surface area contributed by atoms with Crippen molar-refractivity contribution in [1.29, 1.82) is 0 Å². The topological polar surface area (TPSA) is 49.8 Å². The van der Waals surface area contributed by atoms with Crippen molar-refractivity contribution in [2.75, 3.05) is 18.1 Å². The summed E-state index contributed by atoms with van der Waals surface area (Å²) in [6, 6.07) is 7.14. The highest BCUT2D eigenvalue weighted by atomic mass is 16.5. The normalized spacial score (nSPS) is 11.9. The third-order valence-corrected chi connectivity index (χ3v) is 2.99. The Morgan fingerprint density at radius 2 is 1.89 bits per heavy atom. The molecule has 0 aromatic heterocycles. The van der Waals surface area contributed by atoms with Crippen molar-refractivity contribution in [3.8, 4) is 5.75 Å². The molecule has 0 aliphatic rings.